The van der Waals surface area contributed by atoms with Crippen LogP contribution >= 0.6 is 0 Å². The summed E-state index contributed by atoms with van der Waals surface area (Å²) in [4.78, 5) is 21.4. The number of nitrogens with zero attached hydrogens (tertiary/aromatic N) is 1. The van der Waals surface area contributed by atoms with Crippen molar-refractivity contribution in [1.82, 2.24) is 5.32 Å². The number of carbonyl (C=O) groups is 1. The number of nitro groups is 1. The van der Waals surface area contributed by atoms with E-state index in [1.54, 1.807) is 0 Å². The first-order chi connectivity index (χ1) is 11.3. The summed E-state index contributed by atoms with van der Waals surface area (Å²) in [5, 5.41) is 22.5. The fourth-order valence-corrected chi connectivity index (χ4v) is 2.45. The third-order valence-corrected chi connectivity index (χ3v) is 4.08. The van der Waals surface area contributed by atoms with E-state index in [9.17, 15) is 33.2 Å². The summed E-state index contributed by atoms with van der Waals surface area (Å²) in [5.74, 6) is -6.99. The predicted molar refractivity (Wildman–Crippen MR) is 74.9 cm³/mol. The summed E-state index contributed by atoms with van der Waals surface area (Å²) in [7, 11) is 0. The van der Waals surface area contributed by atoms with E-state index in [4.69, 9.17) is 4.74 Å². The second-order valence-corrected chi connectivity index (χ2v) is 5.60. The molecule has 1 amide bonds. The molecule has 1 aliphatic heterocycles. The van der Waals surface area contributed by atoms with Crippen molar-refractivity contribution in [2.24, 2.45) is 5.41 Å². The van der Waals surface area contributed by atoms with Gasteiger partial charge in [-0.3, -0.25) is 14.9 Å². The molecule has 1 fully saturated rings. The molecule has 1 saturated heterocycles. The van der Waals surface area contributed by atoms with Gasteiger partial charge in [0, 0.05) is 31.2 Å². The molecule has 0 bridgehead atoms. The lowest BCUT2D eigenvalue weighted by molar-refractivity contribution is -0.387. The van der Waals surface area contributed by atoms with Crippen molar-refractivity contribution in [1.29, 1.82) is 0 Å². The lowest BCUT2D eigenvalue weighted by Gasteiger charge is -2.35. The SMILES string of the molecule is O=C(NCC1(CO)CCOCC1)c1cc([N+](=O)[O-])c(F)c(F)c1F. The Bertz CT molecular complexity index is 662. The number of ether oxygens (including phenoxy) is 1. The van der Waals surface area contributed by atoms with E-state index in [0.717, 1.165) is 0 Å². The highest BCUT2D eigenvalue weighted by Gasteiger charge is 2.34. The van der Waals surface area contributed by atoms with Crippen LogP contribution in [0.5, 0.6) is 0 Å². The molecule has 1 heterocycles. The van der Waals surface area contributed by atoms with Crippen LogP contribution < -0.4 is 5.32 Å². The van der Waals surface area contributed by atoms with Crippen LogP contribution in [0, 0.1) is 33.0 Å². The van der Waals surface area contributed by atoms with Crippen LogP contribution in [0.3, 0.4) is 0 Å². The van der Waals surface area contributed by atoms with Crippen LogP contribution in [-0.2, 0) is 4.74 Å². The molecule has 132 valence electrons. The molecule has 1 aliphatic rings. The first-order valence-electron chi connectivity index (χ1n) is 7.10. The molecule has 2 rings (SSSR count). The second-order valence-electron chi connectivity index (χ2n) is 5.60. The average Bonchev–Trinajstić information content (AvgIpc) is 2.58. The zero-order valence-corrected chi connectivity index (χ0v) is 12.5. The van der Waals surface area contributed by atoms with E-state index in [2.05, 4.69) is 5.32 Å². The van der Waals surface area contributed by atoms with E-state index < -0.39 is 44.9 Å². The molecule has 0 aliphatic carbocycles. The van der Waals surface area contributed by atoms with E-state index in [-0.39, 0.29) is 13.2 Å². The molecule has 2 N–H and O–H groups in total. The Morgan fingerprint density at radius 3 is 2.46 bits per heavy atom. The smallest absolute Gasteiger partial charge is 0.308 e. The molecular weight excluding hydrogens is 333 g/mol. The average molecular weight is 348 g/mol. The molecule has 0 saturated carbocycles. The number of halogens is 3. The van der Waals surface area contributed by atoms with Gasteiger partial charge < -0.3 is 15.2 Å². The predicted octanol–water partition coefficient (Wildman–Crippen LogP) is 1.53. The van der Waals surface area contributed by atoms with E-state index in [0.29, 0.717) is 32.1 Å². The molecule has 0 unspecified atom stereocenters. The van der Waals surface area contributed by atoms with Gasteiger partial charge in [-0.2, -0.15) is 4.39 Å². The summed E-state index contributed by atoms with van der Waals surface area (Å²) in [6.07, 6.45) is 0.897. The van der Waals surface area contributed by atoms with Crippen LogP contribution in [0.25, 0.3) is 0 Å². The number of hydrogen-bond acceptors (Lipinski definition) is 5. The van der Waals surface area contributed by atoms with Gasteiger partial charge in [-0.25, -0.2) is 8.78 Å². The summed E-state index contributed by atoms with van der Waals surface area (Å²) in [5.41, 5.74) is -2.97. The van der Waals surface area contributed by atoms with Crippen molar-refractivity contribution in [2.75, 3.05) is 26.4 Å². The third kappa shape index (κ3) is 3.49. The largest absolute Gasteiger partial charge is 0.396 e. The lowest BCUT2D eigenvalue weighted by atomic mass is 9.81. The molecule has 24 heavy (non-hydrogen) atoms. The number of nitrogens with one attached hydrogen (secondary N) is 1. The quantitative estimate of drug-likeness (QED) is 0.477. The maximum atomic E-state index is 13.7. The Balaban J connectivity index is 2.22. The van der Waals surface area contributed by atoms with Gasteiger partial charge in [0.25, 0.3) is 5.91 Å². The molecule has 0 aromatic heterocycles. The summed E-state index contributed by atoms with van der Waals surface area (Å²) in [6.45, 7) is 0.442. The molecule has 1 aromatic carbocycles. The van der Waals surface area contributed by atoms with Crippen LogP contribution in [0.2, 0.25) is 0 Å². The normalized spacial score (nSPS) is 16.7. The van der Waals surface area contributed by atoms with Gasteiger partial charge >= 0.3 is 5.69 Å². The maximum absolute atomic E-state index is 13.7. The molecule has 10 heteroatoms. The standard InChI is InChI=1S/C14H15F3N2O5/c15-10-8(5-9(19(22)23)11(16)12(10)17)13(21)18-6-14(7-20)1-3-24-4-2-14/h5,20H,1-4,6-7H2,(H,18,21). The van der Waals surface area contributed by atoms with Gasteiger partial charge in [-0.15, -0.1) is 0 Å². The Morgan fingerprint density at radius 1 is 1.29 bits per heavy atom. The van der Waals surface area contributed by atoms with Crippen molar-refractivity contribution >= 4 is 11.6 Å². The maximum Gasteiger partial charge on any atom is 0.308 e. The van der Waals surface area contributed by atoms with Crippen molar-refractivity contribution in [3.63, 3.8) is 0 Å². The van der Waals surface area contributed by atoms with E-state index in [1.807, 2.05) is 0 Å². The van der Waals surface area contributed by atoms with E-state index >= 15 is 0 Å². The van der Waals surface area contributed by atoms with Crippen molar-refractivity contribution in [3.05, 3.63) is 39.2 Å². The fourth-order valence-electron chi connectivity index (χ4n) is 2.45. The molecule has 0 atom stereocenters. The Morgan fingerprint density at radius 2 is 1.92 bits per heavy atom. The Labute approximate surface area is 134 Å². The summed E-state index contributed by atoms with van der Waals surface area (Å²) in [6, 6.07) is 0.346. The first-order valence-corrected chi connectivity index (χ1v) is 7.10. The zero-order chi connectivity index (χ0) is 17.9. The molecule has 0 radical (unpaired) electrons. The Kier molecular flexibility index (Phi) is 5.40. The number of rotatable bonds is 5. The number of hydrogen-bond donors (Lipinski definition) is 2. The minimum Gasteiger partial charge on any atom is -0.396 e. The van der Waals surface area contributed by atoms with Gasteiger partial charge in [0.2, 0.25) is 11.6 Å². The van der Waals surface area contributed by atoms with Crippen molar-refractivity contribution in [2.45, 2.75) is 12.8 Å². The van der Waals surface area contributed by atoms with Crippen LogP contribution in [-0.4, -0.2) is 42.3 Å². The van der Waals surface area contributed by atoms with Gasteiger partial charge in [-0.1, -0.05) is 0 Å². The van der Waals surface area contributed by atoms with Crippen molar-refractivity contribution < 1.29 is 32.7 Å². The minimum absolute atomic E-state index is 0.0576. The van der Waals surface area contributed by atoms with Gasteiger partial charge in [0.15, 0.2) is 5.82 Å². The number of aliphatic hydroxyl groups excluding tert-OH is 1. The molecular formula is C14H15F3N2O5. The monoisotopic (exact) mass is 348 g/mol. The molecule has 7 nitrogen and oxygen atoms in total. The number of carbonyl (C=O) groups excluding carboxylic acids is 1. The number of amides is 1. The lowest BCUT2D eigenvalue weighted by Crippen LogP contribution is -2.44. The Hall–Kier alpha value is -2.20. The number of aliphatic hydroxyl groups is 1. The second kappa shape index (κ2) is 7.14. The van der Waals surface area contributed by atoms with Crippen LogP contribution in [0.4, 0.5) is 18.9 Å². The van der Waals surface area contributed by atoms with Gasteiger partial charge in [0.1, 0.15) is 0 Å². The van der Waals surface area contributed by atoms with Crippen LogP contribution in [0.1, 0.15) is 23.2 Å². The summed E-state index contributed by atoms with van der Waals surface area (Å²) >= 11 is 0. The number of benzene rings is 1. The highest BCUT2D eigenvalue weighted by molar-refractivity contribution is 5.95. The summed E-state index contributed by atoms with van der Waals surface area (Å²) < 4.78 is 45.6. The first kappa shape index (κ1) is 18.1. The third-order valence-electron chi connectivity index (χ3n) is 4.08. The minimum atomic E-state index is -2.09. The molecule has 1 aromatic rings. The highest BCUT2D eigenvalue weighted by Crippen LogP contribution is 2.30. The fraction of sp³-hybridized carbons (Fsp3) is 0.500. The topological polar surface area (TPSA) is 102 Å². The van der Waals surface area contributed by atoms with Crippen molar-refractivity contribution in [3.8, 4) is 0 Å². The van der Waals surface area contributed by atoms with E-state index in [1.165, 1.54) is 0 Å². The van der Waals surface area contributed by atoms with Crippen LogP contribution in [0.15, 0.2) is 6.07 Å². The van der Waals surface area contributed by atoms with Gasteiger partial charge in [0.05, 0.1) is 17.1 Å². The molecule has 0 spiro atoms. The van der Waals surface area contributed by atoms with Gasteiger partial charge in [-0.05, 0) is 12.8 Å². The highest BCUT2D eigenvalue weighted by atomic mass is 19.2. The zero-order valence-electron chi connectivity index (χ0n) is 12.5. The number of nitro benzene ring substituents is 1.